The molecule has 2 N–H and O–H groups in total. The fourth-order valence-electron chi connectivity index (χ4n) is 1.55. The van der Waals surface area contributed by atoms with Crippen molar-refractivity contribution >= 4 is 15.9 Å². The van der Waals surface area contributed by atoms with E-state index in [-0.39, 0.29) is 12.1 Å². The summed E-state index contributed by atoms with van der Waals surface area (Å²) < 4.78 is 6.99. The van der Waals surface area contributed by atoms with Crippen LogP contribution >= 0.6 is 15.9 Å². The number of hydrogen-bond acceptors (Lipinski definition) is 2. The van der Waals surface area contributed by atoms with Crippen molar-refractivity contribution in [1.82, 2.24) is 0 Å². The second-order valence-electron chi connectivity index (χ2n) is 4.46. The zero-order valence-electron chi connectivity index (χ0n) is 10.9. The number of rotatable bonds is 6. The first-order chi connectivity index (χ1) is 8.06. The first kappa shape index (κ1) is 14.5. The first-order valence-electron chi connectivity index (χ1n) is 6.27. The van der Waals surface area contributed by atoms with Gasteiger partial charge >= 0.3 is 0 Å². The van der Waals surface area contributed by atoms with Crippen molar-refractivity contribution in [3.05, 3.63) is 28.2 Å². The fraction of sp³-hybridized carbons (Fsp3) is 0.571. The van der Waals surface area contributed by atoms with Gasteiger partial charge in [-0.05, 0) is 49.9 Å². The molecule has 2 atom stereocenters. The van der Waals surface area contributed by atoms with E-state index in [1.807, 2.05) is 12.1 Å². The minimum absolute atomic E-state index is 0.198. The van der Waals surface area contributed by atoms with Gasteiger partial charge in [-0.25, -0.2) is 0 Å². The quantitative estimate of drug-likeness (QED) is 0.864. The van der Waals surface area contributed by atoms with Gasteiger partial charge < -0.3 is 10.5 Å². The summed E-state index contributed by atoms with van der Waals surface area (Å²) in [5.41, 5.74) is 7.21. The lowest BCUT2D eigenvalue weighted by Crippen LogP contribution is -2.22. The zero-order chi connectivity index (χ0) is 12.8. The lowest BCUT2D eigenvalue weighted by molar-refractivity contribution is 0.215. The maximum absolute atomic E-state index is 6.02. The summed E-state index contributed by atoms with van der Waals surface area (Å²) in [6, 6.07) is 6.34. The third-order valence-corrected chi connectivity index (χ3v) is 3.43. The average Bonchev–Trinajstić information content (AvgIpc) is 2.32. The highest BCUT2D eigenvalue weighted by molar-refractivity contribution is 9.10. The molecular formula is C14H22BrNO. The van der Waals surface area contributed by atoms with Crippen LogP contribution in [0.1, 0.15) is 39.2 Å². The minimum atomic E-state index is 0.198. The summed E-state index contributed by atoms with van der Waals surface area (Å²) in [6.45, 7) is 6.32. The molecule has 0 aliphatic heterocycles. The second-order valence-corrected chi connectivity index (χ2v) is 5.38. The largest absolute Gasteiger partial charge is 0.490 e. The Bertz CT molecular complexity index is 354. The van der Waals surface area contributed by atoms with Crippen molar-refractivity contribution in [3.8, 4) is 5.75 Å². The number of ether oxygens (including phenoxy) is 1. The van der Waals surface area contributed by atoms with E-state index in [4.69, 9.17) is 10.5 Å². The molecule has 1 rings (SSSR count). The Kier molecular flexibility index (Phi) is 6.00. The minimum Gasteiger partial charge on any atom is -0.490 e. The van der Waals surface area contributed by atoms with E-state index in [9.17, 15) is 0 Å². The molecule has 0 aromatic heterocycles. The molecule has 96 valence electrons. The van der Waals surface area contributed by atoms with E-state index in [1.54, 1.807) is 0 Å². The van der Waals surface area contributed by atoms with E-state index >= 15 is 0 Å². The van der Waals surface area contributed by atoms with Crippen LogP contribution in [0.4, 0.5) is 0 Å². The van der Waals surface area contributed by atoms with Gasteiger partial charge in [-0.15, -0.1) is 0 Å². The normalized spacial score (nSPS) is 14.4. The zero-order valence-corrected chi connectivity index (χ0v) is 12.5. The van der Waals surface area contributed by atoms with Gasteiger partial charge in [0.1, 0.15) is 5.75 Å². The average molecular weight is 300 g/mol. The maximum atomic E-state index is 6.02. The molecule has 0 aliphatic carbocycles. The molecule has 2 nitrogen and oxygen atoms in total. The van der Waals surface area contributed by atoms with Crippen molar-refractivity contribution in [2.24, 2.45) is 5.73 Å². The smallest absolute Gasteiger partial charge is 0.123 e. The van der Waals surface area contributed by atoms with Crippen molar-refractivity contribution in [3.63, 3.8) is 0 Å². The number of benzene rings is 1. The highest BCUT2D eigenvalue weighted by Crippen LogP contribution is 2.26. The summed E-state index contributed by atoms with van der Waals surface area (Å²) in [6.07, 6.45) is 3.10. The van der Waals surface area contributed by atoms with Crippen molar-refractivity contribution < 1.29 is 4.74 Å². The van der Waals surface area contributed by atoms with Crippen molar-refractivity contribution in [2.45, 2.75) is 52.2 Å². The van der Waals surface area contributed by atoms with E-state index in [0.717, 1.165) is 29.5 Å². The number of hydrogen-bond donors (Lipinski definition) is 1. The van der Waals surface area contributed by atoms with E-state index in [0.29, 0.717) is 0 Å². The van der Waals surface area contributed by atoms with Gasteiger partial charge in [0, 0.05) is 10.5 Å². The van der Waals surface area contributed by atoms with Gasteiger partial charge in [0.25, 0.3) is 0 Å². The van der Waals surface area contributed by atoms with Crippen LogP contribution < -0.4 is 10.5 Å². The van der Waals surface area contributed by atoms with Crippen LogP contribution in [0, 0.1) is 0 Å². The summed E-state index contributed by atoms with van der Waals surface area (Å²) in [7, 11) is 0. The molecule has 0 saturated heterocycles. The van der Waals surface area contributed by atoms with Gasteiger partial charge in [0.15, 0.2) is 0 Å². The van der Waals surface area contributed by atoms with E-state index < -0.39 is 0 Å². The van der Waals surface area contributed by atoms with Crippen LogP contribution in [-0.4, -0.2) is 12.1 Å². The molecule has 3 heteroatoms. The molecule has 1 aromatic carbocycles. The Hall–Kier alpha value is -0.540. The lowest BCUT2D eigenvalue weighted by atomic mass is 10.0. The molecule has 0 fully saturated rings. The van der Waals surface area contributed by atoms with Crippen LogP contribution in [0.2, 0.25) is 0 Å². The highest BCUT2D eigenvalue weighted by atomic mass is 79.9. The predicted octanol–water partition coefficient (Wildman–Crippen LogP) is 3.91. The van der Waals surface area contributed by atoms with Crippen molar-refractivity contribution in [2.75, 3.05) is 0 Å². The van der Waals surface area contributed by atoms with Crippen LogP contribution in [-0.2, 0) is 6.42 Å². The maximum Gasteiger partial charge on any atom is 0.123 e. The third kappa shape index (κ3) is 4.68. The Balaban J connectivity index is 2.87. The molecule has 0 spiro atoms. The Labute approximate surface area is 113 Å². The van der Waals surface area contributed by atoms with Crippen molar-refractivity contribution in [1.29, 1.82) is 0 Å². The van der Waals surface area contributed by atoms with Gasteiger partial charge in [0.05, 0.1) is 6.10 Å². The number of nitrogens with two attached hydrogens (primary N) is 1. The van der Waals surface area contributed by atoms with Gasteiger partial charge in [-0.1, -0.05) is 29.8 Å². The molecule has 0 heterocycles. The van der Waals surface area contributed by atoms with Gasteiger partial charge in [0.2, 0.25) is 0 Å². The molecule has 2 unspecified atom stereocenters. The monoisotopic (exact) mass is 299 g/mol. The standard InChI is InChI=1S/C14H22BrNO/c1-4-10(3)17-14-7-6-12(15)8-11(14)9-13(16)5-2/h6-8,10,13H,4-5,9,16H2,1-3H3. The summed E-state index contributed by atoms with van der Waals surface area (Å²) in [5.74, 6) is 0.964. The highest BCUT2D eigenvalue weighted by Gasteiger charge is 2.10. The Morgan fingerprint density at radius 2 is 2.00 bits per heavy atom. The molecule has 0 amide bonds. The summed E-state index contributed by atoms with van der Waals surface area (Å²) >= 11 is 3.50. The SMILES string of the molecule is CCC(N)Cc1cc(Br)ccc1OC(C)CC. The van der Waals surface area contributed by atoms with Crippen LogP contribution in [0.5, 0.6) is 5.75 Å². The Morgan fingerprint density at radius 3 is 2.59 bits per heavy atom. The molecule has 0 aliphatic rings. The molecule has 0 bridgehead atoms. The topological polar surface area (TPSA) is 35.2 Å². The van der Waals surface area contributed by atoms with Crippen LogP contribution in [0.3, 0.4) is 0 Å². The molecule has 1 aromatic rings. The van der Waals surface area contributed by atoms with Gasteiger partial charge in [-0.2, -0.15) is 0 Å². The molecule has 0 radical (unpaired) electrons. The third-order valence-electron chi connectivity index (χ3n) is 2.93. The molecule has 0 saturated carbocycles. The Morgan fingerprint density at radius 1 is 1.29 bits per heavy atom. The fourth-order valence-corrected chi connectivity index (χ4v) is 1.96. The lowest BCUT2D eigenvalue weighted by Gasteiger charge is -2.18. The van der Waals surface area contributed by atoms with Crippen LogP contribution in [0.15, 0.2) is 22.7 Å². The molecular weight excluding hydrogens is 278 g/mol. The summed E-state index contributed by atoms with van der Waals surface area (Å²) in [5, 5.41) is 0. The molecule has 17 heavy (non-hydrogen) atoms. The van der Waals surface area contributed by atoms with E-state index in [2.05, 4.69) is 42.8 Å². The first-order valence-corrected chi connectivity index (χ1v) is 7.06. The van der Waals surface area contributed by atoms with Crippen LogP contribution in [0.25, 0.3) is 0 Å². The predicted molar refractivity (Wildman–Crippen MR) is 76.5 cm³/mol. The number of halogens is 1. The summed E-state index contributed by atoms with van der Waals surface area (Å²) in [4.78, 5) is 0. The van der Waals surface area contributed by atoms with Gasteiger partial charge in [-0.3, -0.25) is 0 Å². The van der Waals surface area contributed by atoms with E-state index in [1.165, 1.54) is 5.56 Å². The second kappa shape index (κ2) is 7.02.